The van der Waals surface area contributed by atoms with Crippen LogP contribution in [0.25, 0.3) is 22.3 Å². The van der Waals surface area contributed by atoms with E-state index in [1.807, 2.05) is 0 Å². The molecule has 0 aliphatic carbocycles. The van der Waals surface area contributed by atoms with Gasteiger partial charge in [-0.15, -0.1) is 0 Å². The first-order valence-electron chi connectivity index (χ1n) is 16.6. The van der Waals surface area contributed by atoms with E-state index in [2.05, 4.69) is 72.8 Å². The van der Waals surface area contributed by atoms with Crippen molar-refractivity contribution >= 4 is 0 Å². The van der Waals surface area contributed by atoms with E-state index in [0.29, 0.717) is 12.2 Å². The van der Waals surface area contributed by atoms with Crippen LogP contribution in [0.2, 0.25) is 0 Å². The molecule has 2 unspecified atom stereocenters. The smallest absolute Gasteiger partial charge is 0.119 e. The molecule has 5 rings (SSSR count). The highest BCUT2D eigenvalue weighted by atomic mass is 16.6. The largest absolute Gasteiger partial charge is 0.494 e. The fraction of sp³-hybridized carbons (Fsp3) is 0.526. The van der Waals surface area contributed by atoms with Gasteiger partial charge in [0.15, 0.2) is 0 Å². The van der Waals surface area contributed by atoms with Crippen LogP contribution in [0, 0.1) is 0 Å². The standard InChI is InChI=1S/C38H50O4/c1(5-9-13-37-29-41-37)3-7-11-27-39-35-23-19-33(20-24-35)31-15-17-32(18-16-31)34-21-25-36(26-22-34)40-28-12-8-4-2-6-10-14-38-30-42-38/h15-26,37-38H,1-14,27-30H2. The van der Waals surface area contributed by atoms with Crippen LogP contribution in [-0.2, 0) is 9.47 Å². The average molecular weight is 571 g/mol. The first kappa shape index (κ1) is 30.6. The van der Waals surface area contributed by atoms with Crippen LogP contribution in [0.3, 0.4) is 0 Å². The summed E-state index contributed by atoms with van der Waals surface area (Å²) >= 11 is 0. The Kier molecular flexibility index (Phi) is 12.6. The molecular formula is C38H50O4. The SMILES string of the molecule is c1cc(-c2ccc(-c3ccc(OCCCCCCCCC4CO4)cc3)cc2)ccc1OCCCCCCCCC1CO1. The molecule has 42 heavy (non-hydrogen) atoms. The van der Waals surface area contributed by atoms with Crippen LogP contribution in [0.4, 0.5) is 0 Å². The molecule has 4 heteroatoms. The summed E-state index contributed by atoms with van der Waals surface area (Å²) in [6.07, 6.45) is 19.0. The van der Waals surface area contributed by atoms with E-state index in [4.69, 9.17) is 18.9 Å². The van der Waals surface area contributed by atoms with E-state index >= 15 is 0 Å². The molecule has 0 spiro atoms. The molecule has 4 nitrogen and oxygen atoms in total. The van der Waals surface area contributed by atoms with E-state index in [1.165, 1.54) is 99.3 Å². The molecule has 2 fully saturated rings. The maximum Gasteiger partial charge on any atom is 0.119 e. The molecule has 3 aromatic rings. The molecule has 0 aromatic heterocycles. The fourth-order valence-electron chi connectivity index (χ4n) is 5.55. The van der Waals surface area contributed by atoms with Gasteiger partial charge in [0.05, 0.1) is 38.6 Å². The van der Waals surface area contributed by atoms with Gasteiger partial charge in [0, 0.05) is 0 Å². The van der Waals surface area contributed by atoms with Crippen molar-refractivity contribution in [2.45, 2.75) is 102 Å². The molecule has 0 bridgehead atoms. The number of hydrogen-bond acceptors (Lipinski definition) is 4. The second-order valence-corrected chi connectivity index (χ2v) is 12.1. The lowest BCUT2D eigenvalue weighted by atomic mass is 10.0. The first-order valence-corrected chi connectivity index (χ1v) is 16.6. The molecule has 226 valence electrons. The van der Waals surface area contributed by atoms with E-state index in [0.717, 1.165) is 50.8 Å². The van der Waals surface area contributed by atoms with Crippen molar-refractivity contribution < 1.29 is 18.9 Å². The van der Waals surface area contributed by atoms with Gasteiger partial charge in [-0.3, -0.25) is 0 Å². The molecule has 2 atom stereocenters. The molecular weight excluding hydrogens is 520 g/mol. The van der Waals surface area contributed by atoms with Gasteiger partial charge in [0.2, 0.25) is 0 Å². The van der Waals surface area contributed by atoms with Gasteiger partial charge in [0.25, 0.3) is 0 Å². The van der Waals surface area contributed by atoms with Crippen LogP contribution < -0.4 is 9.47 Å². The third-order valence-corrected chi connectivity index (χ3v) is 8.44. The van der Waals surface area contributed by atoms with Crippen molar-refractivity contribution in [2.75, 3.05) is 26.4 Å². The molecule has 2 saturated heterocycles. The number of epoxide rings is 2. The number of ether oxygens (including phenoxy) is 4. The lowest BCUT2D eigenvalue weighted by Crippen LogP contribution is -1.97. The van der Waals surface area contributed by atoms with E-state index < -0.39 is 0 Å². The summed E-state index contributed by atoms with van der Waals surface area (Å²) in [6.45, 7) is 3.58. The lowest BCUT2D eigenvalue weighted by Gasteiger charge is -2.09. The minimum Gasteiger partial charge on any atom is -0.494 e. The Balaban J connectivity index is 0.940. The van der Waals surface area contributed by atoms with Gasteiger partial charge in [-0.05, 0) is 72.2 Å². The monoisotopic (exact) mass is 570 g/mol. The van der Waals surface area contributed by atoms with E-state index in [9.17, 15) is 0 Å². The van der Waals surface area contributed by atoms with Crippen molar-refractivity contribution in [1.82, 2.24) is 0 Å². The predicted molar refractivity (Wildman–Crippen MR) is 172 cm³/mol. The quantitative estimate of drug-likeness (QED) is 0.0890. The predicted octanol–water partition coefficient (Wildman–Crippen LogP) is 10.0. The third-order valence-electron chi connectivity index (χ3n) is 8.44. The Morgan fingerprint density at radius 2 is 0.690 bits per heavy atom. The van der Waals surface area contributed by atoms with Crippen molar-refractivity contribution in [3.63, 3.8) is 0 Å². The summed E-state index contributed by atoms with van der Waals surface area (Å²) in [4.78, 5) is 0. The summed E-state index contributed by atoms with van der Waals surface area (Å²) in [5.74, 6) is 1.91. The number of benzene rings is 3. The Bertz CT molecular complexity index is 1040. The summed E-state index contributed by atoms with van der Waals surface area (Å²) in [5, 5.41) is 0. The highest BCUT2D eigenvalue weighted by Crippen LogP contribution is 2.28. The summed E-state index contributed by atoms with van der Waals surface area (Å²) < 4.78 is 22.5. The highest BCUT2D eigenvalue weighted by Gasteiger charge is 2.21. The van der Waals surface area contributed by atoms with Crippen molar-refractivity contribution in [1.29, 1.82) is 0 Å². The maximum atomic E-state index is 5.98. The molecule has 0 N–H and O–H groups in total. The van der Waals surface area contributed by atoms with Crippen LogP contribution in [0.5, 0.6) is 11.5 Å². The van der Waals surface area contributed by atoms with Crippen molar-refractivity contribution in [3.8, 4) is 33.8 Å². The summed E-state index contributed by atoms with van der Waals surface area (Å²) in [6, 6.07) is 25.8. The molecule has 2 aliphatic rings. The van der Waals surface area contributed by atoms with E-state index in [1.54, 1.807) is 0 Å². The van der Waals surface area contributed by atoms with Gasteiger partial charge in [-0.25, -0.2) is 0 Å². The first-order chi connectivity index (χ1) is 20.8. The number of hydrogen-bond donors (Lipinski definition) is 0. The molecule has 2 heterocycles. The van der Waals surface area contributed by atoms with Crippen LogP contribution in [0.1, 0.15) is 89.9 Å². The van der Waals surface area contributed by atoms with Crippen LogP contribution in [0.15, 0.2) is 72.8 Å². The average Bonchev–Trinajstić information content (AvgIpc) is 3.97. The minimum atomic E-state index is 0.588. The van der Waals surface area contributed by atoms with Gasteiger partial charge >= 0.3 is 0 Å². The fourth-order valence-corrected chi connectivity index (χ4v) is 5.55. The van der Waals surface area contributed by atoms with Gasteiger partial charge < -0.3 is 18.9 Å². The number of unbranched alkanes of at least 4 members (excludes halogenated alkanes) is 10. The summed E-state index contributed by atoms with van der Waals surface area (Å²) in [7, 11) is 0. The lowest BCUT2D eigenvalue weighted by molar-refractivity contribution is 0.304. The number of rotatable bonds is 22. The molecule has 0 amide bonds. The maximum absolute atomic E-state index is 5.98. The zero-order chi connectivity index (χ0) is 28.7. The Hall–Kier alpha value is -2.82. The normalized spacial score (nSPS) is 17.2. The van der Waals surface area contributed by atoms with Gasteiger partial charge in [-0.1, -0.05) is 113 Å². The van der Waals surface area contributed by atoms with Crippen molar-refractivity contribution in [2.24, 2.45) is 0 Å². The minimum absolute atomic E-state index is 0.588. The van der Waals surface area contributed by atoms with Gasteiger partial charge in [0.1, 0.15) is 11.5 Å². The molecule has 3 aromatic carbocycles. The summed E-state index contributed by atoms with van der Waals surface area (Å²) in [5.41, 5.74) is 4.86. The second-order valence-electron chi connectivity index (χ2n) is 12.1. The topological polar surface area (TPSA) is 43.5 Å². The molecule has 0 radical (unpaired) electrons. The van der Waals surface area contributed by atoms with E-state index in [-0.39, 0.29) is 0 Å². The molecule has 0 saturated carbocycles. The van der Waals surface area contributed by atoms with Crippen LogP contribution in [-0.4, -0.2) is 38.6 Å². The molecule has 2 aliphatic heterocycles. The van der Waals surface area contributed by atoms with Crippen LogP contribution >= 0.6 is 0 Å². The second kappa shape index (κ2) is 17.3. The van der Waals surface area contributed by atoms with Gasteiger partial charge in [-0.2, -0.15) is 0 Å². The Labute approximate surface area is 253 Å². The zero-order valence-electron chi connectivity index (χ0n) is 25.4. The van der Waals surface area contributed by atoms with Crippen molar-refractivity contribution in [3.05, 3.63) is 72.8 Å². The Morgan fingerprint density at radius 1 is 0.405 bits per heavy atom. The highest BCUT2D eigenvalue weighted by molar-refractivity contribution is 5.71. The Morgan fingerprint density at radius 3 is 1.02 bits per heavy atom. The third kappa shape index (κ3) is 11.5. The zero-order valence-corrected chi connectivity index (χ0v) is 25.4.